The first-order valence-corrected chi connectivity index (χ1v) is 9.12. The van der Waals surface area contributed by atoms with Crippen molar-refractivity contribution in [2.45, 2.75) is 63.6 Å². The summed E-state index contributed by atoms with van der Waals surface area (Å²) in [6.45, 7) is 2.16. The van der Waals surface area contributed by atoms with Crippen LogP contribution in [-0.2, 0) is 0 Å². The van der Waals surface area contributed by atoms with E-state index in [1.807, 2.05) is 18.2 Å². The maximum atomic E-state index is 11.9. The Balaban J connectivity index is 1.71. The van der Waals surface area contributed by atoms with Crippen molar-refractivity contribution in [2.75, 3.05) is 0 Å². The molecule has 0 aliphatic heterocycles. The molecule has 0 heterocycles. The Labute approximate surface area is 144 Å². The summed E-state index contributed by atoms with van der Waals surface area (Å²) < 4.78 is 0. The molecule has 0 unspecified atom stereocenters. The van der Waals surface area contributed by atoms with Gasteiger partial charge in [0.15, 0.2) is 0 Å². The molecule has 0 radical (unpaired) electrons. The molecular weight excluding hydrogens is 300 g/mol. The molecule has 4 heteroatoms. The largest absolute Gasteiger partial charge is 0.465 e. The van der Waals surface area contributed by atoms with Gasteiger partial charge in [0.1, 0.15) is 0 Å². The summed E-state index contributed by atoms with van der Waals surface area (Å²) in [5, 5.41) is 9.74. The lowest BCUT2D eigenvalue weighted by Gasteiger charge is -2.34. The third-order valence-electron chi connectivity index (χ3n) is 5.51. The maximum Gasteiger partial charge on any atom is 0.407 e. The number of hydrogen-bond acceptors (Lipinski definition) is 2. The molecule has 3 rings (SSSR count). The number of rotatable bonds is 5. The number of hydrogen-bond donors (Lipinski definition) is 2. The van der Waals surface area contributed by atoms with Gasteiger partial charge in [0.05, 0.1) is 0 Å². The van der Waals surface area contributed by atoms with Gasteiger partial charge in [-0.05, 0) is 44.1 Å². The number of carbonyl (C=O) groups is 1. The van der Waals surface area contributed by atoms with E-state index in [-0.39, 0.29) is 18.1 Å². The molecule has 1 aromatic carbocycles. The topological polar surface area (TPSA) is 66.6 Å². The fourth-order valence-corrected chi connectivity index (χ4v) is 4.07. The summed E-state index contributed by atoms with van der Waals surface area (Å²) >= 11 is 0. The SMILES string of the molecule is CCC(=Cc1ccccc1)[C@@H]1C[C@H]1N(C(=O)O)C1CCC(N)CC1. The highest BCUT2D eigenvalue weighted by Crippen LogP contribution is 2.45. The minimum Gasteiger partial charge on any atom is -0.465 e. The second-order valence-electron chi connectivity index (χ2n) is 7.15. The van der Waals surface area contributed by atoms with E-state index in [1.165, 1.54) is 11.1 Å². The second kappa shape index (κ2) is 7.39. The van der Waals surface area contributed by atoms with Crippen molar-refractivity contribution in [3.05, 3.63) is 41.5 Å². The van der Waals surface area contributed by atoms with Gasteiger partial charge >= 0.3 is 6.09 Å². The predicted octanol–water partition coefficient (Wildman–Crippen LogP) is 4.12. The highest BCUT2D eigenvalue weighted by Gasteiger charge is 2.48. The van der Waals surface area contributed by atoms with E-state index >= 15 is 0 Å². The molecule has 1 aromatic rings. The summed E-state index contributed by atoms with van der Waals surface area (Å²) in [5.41, 5.74) is 8.54. The fraction of sp³-hybridized carbons (Fsp3) is 0.550. The smallest absolute Gasteiger partial charge is 0.407 e. The van der Waals surface area contributed by atoms with Crippen molar-refractivity contribution in [2.24, 2.45) is 11.7 Å². The first-order chi connectivity index (χ1) is 11.6. The van der Waals surface area contributed by atoms with E-state index in [4.69, 9.17) is 5.73 Å². The molecule has 0 aromatic heterocycles. The van der Waals surface area contributed by atoms with Gasteiger partial charge in [-0.15, -0.1) is 0 Å². The summed E-state index contributed by atoms with van der Waals surface area (Å²) in [6.07, 6.45) is 7.08. The number of benzene rings is 1. The van der Waals surface area contributed by atoms with Gasteiger partial charge in [-0.1, -0.05) is 48.9 Å². The molecule has 0 spiro atoms. The predicted molar refractivity (Wildman–Crippen MR) is 96.7 cm³/mol. The summed E-state index contributed by atoms with van der Waals surface area (Å²) in [4.78, 5) is 13.6. The Morgan fingerprint density at radius 1 is 1.25 bits per heavy atom. The molecule has 3 N–H and O–H groups in total. The zero-order valence-electron chi connectivity index (χ0n) is 14.4. The highest BCUT2D eigenvalue weighted by molar-refractivity contribution is 5.67. The van der Waals surface area contributed by atoms with Crippen LogP contribution < -0.4 is 5.73 Å². The molecule has 2 aliphatic rings. The quantitative estimate of drug-likeness (QED) is 0.854. The molecule has 1 amide bonds. The van der Waals surface area contributed by atoms with Crippen molar-refractivity contribution in [1.82, 2.24) is 4.90 Å². The molecule has 2 saturated carbocycles. The molecule has 2 aliphatic carbocycles. The Hall–Kier alpha value is -1.81. The van der Waals surface area contributed by atoms with Crippen LogP contribution in [0.1, 0.15) is 51.0 Å². The van der Waals surface area contributed by atoms with Crippen molar-refractivity contribution >= 4 is 12.2 Å². The van der Waals surface area contributed by atoms with E-state index in [1.54, 1.807) is 4.90 Å². The molecule has 0 bridgehead atoms. The van der Waals surface area contributed by atoms with Gasteiger partial charge in [-0.3, -0.25) is 0 Å². The highest BCUT2D eigenvalue weighted by atomic mass is 16.4. The van der Waals surface area contributed by atoms with Crippen molar-refractivity contribution in [3.8, 4) is 0 Å². The van der Waals surface area contributed by atoms with Gasteiger partial charge in [0.25, 0.3) is 0 Å². The van der Waals surface area contributed by atoms with E-state index in [0.29, 0.717) is 5.92 Å². The van der Waals surface area contributed by atoms with Crippen LogP contribution in [0.3, 0.4) is 0 Å². The number of nitrogens with two attached hydrogens (primary N) is 1. The number of nitrogens with zero attached hydrogens (tertiary/aromatic N) is 1. The first-order valence-electron chi connectivity index (χ1n) is 9.12. The van der Waals surface area contributed by atoms with Crippen molar-refractivity contribution in [1.29, 1.82) is 0 Å². The van der Waals surface area contributed by atoms with Crippen LogP contribution in [0.25, 0.3) is 6.08 Å². The number of carboxylic acid groups (broad SMARTS) is 1. The molecule has 0 saturated heterocycles. The van der Waals surface area contributed by atoms with E-state index in [2.05, 4.69) is 25.1 Å². The average Bonchev–Trinajstić information content (AvgIpc) is 3.35. The average molecular weight is 328 g/mol. The van der Waals surface area contributed by atoms with Crippen LogP contribution in [0.4, 0.5) is 4.79 Å². The monoisotopic (exact) mass is 328 g/mol. The second-order valence-corrected chi connectivity index (χ2v) is 7.15. The molecular formula is C20H28N2O2. The van der Waals surface area contributed by atoms with Crippen molar-refractivity contribution in [3.63, 3.8) is 0 Å². The zero-order valence-corrected chi connectivity index (χ0v) is 14.4. The lowest BCUT2D eigenvalue weighted by Crippen LogP contribution is -2.45. The van der Waals surface area contributed by atoms with Crippen LogP contribution in [-0.4, -0.2) is 34.2 Å². The van der Waals surface area contributed by atoms with E-state index in [0.717, 1.165) is 38.5 Å². The van der Waals surface area contributed by atoms with Crippen LogP contribution in [0, 0.1) is 5.92 Å². The first kappa shape index (κ1) is 17.0. The fourth-order valence-electron chi connectivity index (χ4n) is 4.07. The van der Waals surface area contributed by atoms with E-state index < -0.39 is 6.09 Å². The van der Waals surface area contributed by atoms with E-state index in [9.17, 15) is 9.90 Å². The van der Waals surface area contributed by atoms with Gasteiger partial charge in [0.2, 0.25) is 0 Å². The van der Waals surface area contributed by atoms with Gasteiger partial charge in [-0.25, -0.2) is 4.79 Å². The zero-order chi connectivity index (χ0) is 17.1. The normalized spacial score (nSPS) is 30.0. The van der Waals surface area contributed by atoms with Crippen LogP contribution in [0.2, 0.25) is 0 Å². The molecule has 2 fully saturated rings. The minimum absolute atomic E-state index is 0.145. The Morgan fingerprint density at radius 3 is 2.50 bits per heavy atom. The standard InChI is InChI=1S/C20H28N2O2/c1-2-15(12-14-6-4-3-5-7-14)18-13-19(18)22(20(23)24)17-10-8-16(21)9-11-17/h3-7,12,16-19H,2,8-11,13,21H2,1H3,(H,23,24)/t16?,17?,18-,19+/m0/s1. The van der Waals surface area contributed by atoms with Gasteiger partial charge in [-0.2, -0.15) is 0 Å². The summed E-state index contributed by atoms with van der Waals surface area (Å²) in [7, 11) is 0. The molecule has 4 nitrogen and oxygen atoms in total. The molecule has 2 atom stereocenters. The molecule has 130 valence electrons. The Bertz CT molecular complexity index is 591. The summed E-state index contributed by atoms with van der Waals surface area (Å²) in [6, 6.07) is 10.8. The Morgan fingerprint density at radius 2 is 1.92 bits per heavy atom. The third kappa shape index (κ3) is 3.81. The molecule has 24 heavy (non-hydrogen) atoms. The van der Waals surface area contributed by atoms with Gasteiger partial charge in [0, 0.05) is 24.0 Å². The lowest BCUT2D eigenvalue weighted by atomic mass is 9.90. The minimum atomic E-state index is -0.766. The third-order valence-corrected chi connectivity index (χ3v) is 5.51. The van der Waals surface area contributed by atoms with Crippen LogP contribution in [0.15, 0.2) is 35.9 Å². The summed E-state index contributed by atoms with van der Waals surface area (Å²) in [5.74, 6) is 0.377. The Kier molecular flexibility index (Phi) is 5.24. The maximum absolute atomic E-state index is 11.9. The van der Waals surface area contributed by atoms with Crippen LogP contribution >= 0.6 is 0 Å². The van der Waals surface area contributed by atoms with Gasteiger partial charge < -0.3 is 15.7 Å². The van der Waals surface area contributed by atoms with Crippen LogP contribution in [0.5, 0.6) is 0 Å². The number of amides is 1. The lowest BCUT2D eigenvalue weighted by molar-refractivity contribution is 0.102. The van der Waals surface area contributed by atoms with Crippen molar-refractivity contribution < 1.29 is 9.90 Å².